The molecule has 5 nitrogen and oxygen atoms in total. The molecule has 1 aromatic carbocycles. The minimum Gasteiger partial charge on any atom is -0.492 e. The second kappa shape index (κ2) is 6.45. The SMILES string of the molecule is NCCCN1CCN(C(=O)C2COc3ccccc32)CC1. The lowest BCUT2D eigenvalue weighted by Crippen LogP contribution is -2.50. The number of carbonyl (C=O) groups excluding carboxylic acids is 1. The third-order valence-corrected chi connectivity index (χ3v) is 4.36. The van der Waals surface area contributed by atoms with Gasteiger partial charge in [0.25, 0.3) is 0 Å². The highest BCUT2D eigenvalue weighted by atomic mass is 16.5. The molecular formula is C16H23N3O2. The van der Waals surface area contributed by atoms with Crippen molar-refractivity contribution in [2.24, 2.45) is 5.73 Å². The highest BCUT2D eigenvalue weighted by Crippen LogP contribution is 2.34. The number of carbonyl (C=O) groups is 1. The maximum Gasteiger partial charge on any atom is 0.233 e. The summed E-state index contributed by atoms with van der Waals surface area (Å²) in [5.41, 5.74) is 6.58. The van der Waals surface area contributed by atoms with E-state index >= 15 is 0 Å². The molecule has 114 valence electrons. The number of ether oxygens (including phenoxy) is 1. The molecule has 1 amide bonds. The molecule has 0 spiro atoms. The van der Waals surface area contributed by atoms with Crippen LogP contribution in [0.3, 0.4) is 0 Å². The number of hydrogen-bond acceptors (Lipinski definition) is 4. The van der Waals surface area contributed by atoms with Gasteiger partial charge in [-0.2, -0.15) is 0 Å². The van der Waals surface area contributed by atoms with Crippen LogP contribution in [0.2, 0.25) is 0 Å². The molecule has 1 aromatic rings. The first-order valence-corrected chi connectivity index (χ1v) is 7.72. The third kappa shape index (κ3) is 3.04. The van der Waals surface area contributed by atoms with Gasteiger partial charge in [-0.25, -0.2) is 0 Å². The van der Waals surface area contributed by atoms with Crippen molar-refractivity contribution >= 4 is 5.91 Å². The second-order valence-electron chi connectivity index (χ2n) is 5.71. The van der Waals surface area contributed by atoms with E-state index < -0.39 is 0 Å². The Balaban J connectivity index is 1.58. The first kappa shape index (κ1) is 14.4. The zero-order chi connectivity index (χ0) is 14.7. The van der Waals surface area contributed by atoms with Gasteiger partial charge in [0.05, 0.1) is 0 Å². The van der Waals surface area contributed by atoms with E-state index in [0.29, 0.717) is 6.61 Å². The average Bonchev–Trinajstić information content (AvgIpc) is 2.97. The predicted octanol–water partition coefficient (Wildman–Crippen LogP) is 0.656. The number of nitrogens with two attached hydrogens (primary N) is 1. The van der Waals surface area contributed by atoms with Crippen molar-refractivity contribution in [2.75, 3.05) is 45.9 Å². The smallest absolute Gasteiger partial charge is 0.233 e. The number of amides is 1. The highest BCUT2D eigenvalue weighted by Gasteiger charge is 2.34. The van der Waals surface area contributed by atoms with E-state index in [2.05, 4.69) is 4.90 Å². The zero-order valence-electron chi connectivity index (χ0n) is 12.3. The van der Waals surface area contributed by atoms with Crippen molar-refractivity contribution in [2.45, 2.75) is 12.3 Å². The fourth-order valence-corrected chi connectivity index (χ4v) is 3.09. The molecule has 1 fully saturated rings. The van der Waals surface area contributed by atoms with E-state index in [1.165, 1.54) is 0 Å². The van der Waals surface area contributed by atoms with E-state index in [0.717, 1.165) is 57.0 Å². The Hall–Kier alpha value is -1.59. The van der Waals surface area contributed by atoms with Crippen LogP contribution in [-0.2, 0) is 4.79 Å². The van der Waals surface area contributed by atoms with Crippen LogP contribution in [0, 0.1) is 0 Å². The van der Waals surface area contributed by atoms with Crippen LogP contribution in [0.25, 0.3) is 0 Å². The lowest BCUT2D eigenvalue weighted by molar-refractivity contribution is -0.134. The van der Waals surface area contributed by atoms with Crippen LogP contribution >= 0.6 is 0 Å². The number of piperazine rings is 1. The van der Waals surface area contributed by atoms with E-state index in [1.54, 1.807) is 0 Å². The van der Waals surface area contributed by atoms with Gasteiger partial charge in [0.15, 0.2) is 0 Å². The Morgan fingerprint density at radius 2 is 2.00 bits per heavy atom. The molecule has 3 rings (SSSR count). The summed E-state index contributed by atoms with van der Waals surface area (Å²) in [6.45, 7) is 5.75. The van der Waals surface area contributed by atoms with Gasteiger partial charge in [-0.15, -0.1) is 0 Å². The van der Waals surface area contributed by atoms with Crippen molar-refractivity contribution in [3.63, 3.8) is 0 Å². The topological polar surface area (TPSA) is 58.8 Å². The zero-order valence-corrected chi connectivity index (χ0v) is 12.3. The largest absolute Gasteiger partial charge is 0.492 e. The molecule has 21 heavy (non-hydrogen) atoms. The Morgan fingerprint density at radius 3 is 2.76 bits per heavy atom. The maximum atomic E-state index is 12.7. The fraction of sp³-hybridized carbons (Fsp3) is 0.562. The summed E-state index contributed by atoms with van der Waals surface area (Å²) in [6, 6.07) is 7.86. The summed E-state index contributed by atoms with van der Waals surface area (Å²) in [4.78, 5) is 17.1. The van der Waals surface area contributed by atoms with E-state index in [1.807, 2.05) is 29.2 Å². The molecule has 2 N–H and O–H groups in total. The normalized spacial score (nSPS) is 22.0. The van der Waals surface area contributed by atoms with Gasteiger partial charge >= 0.3 is 0 Å². The Labute approximate surface area is 125 Å². The molecule has 2 aliphatic heterocycles. The number of fused-ring (bicyclic) bond motifs is 1. The molecule has 1 unspecified atom stereocenters. The van der Waals surface area contributed by atoms with Crippen molar-refractivity contribution < 1.29 is 9.53 Å². The van der Waals surface area contributed by atoms with E-state index in [-0.39, 0.29) is 11.8 Å². The van der Waals surface area contributed by atoms with Crippen LogP contribution in [0.15, 0.2) is 24.3 Å². The molecular weight excluding hydrogens is 266 g/mol. The predicted molar refractivity (Wildman–Crippen MR) is 81.4 cm³/mol. The summed E-state index contributed by atoms with van der Waals surface area (Å²) < 4.78 is 5.63. The molecule has 0 saturated carbocycles. The monoisotopic (exact) mass is 289 g/mol. The van der Waals surface area contributed by atoms with Gasteiger partial charge in [0.2, 0.25) is 5.91 Å². The minimum absolute atomic E-state index is 0.128. The summed E-state index contributed by atoms with van der Waals surface area (Å²) in [6.07, 6.45) is 1.03. The molecule has 0 radical (unpaired) electrons. The van der Waals surface area contributed by atoms with Crippen LogP contribution in [-0.4, -0.2) is 61.6 Å². The lowest BCUT2D eigenvalue weighted by atomic mass is 9.99. The Bertz CT molecular complexity index is 498. The number of rotatable bonds is 4. The second-order valence-corrected chi connectivity index (χ2v) is 5.71. The number of nitrogens with zero attached hydrogens (tertiary/aromatic N) is 2. The standard InChI is InChI=1S/C16H23N3O2/c17-6-3-7-18-8-10-19(11-9-18)16(20)14-12-21-15-5-2-1-4-13(14)15/h1-2,4-5,14H,3,6-12,17H2. The summed E-state index contributed by atoms with van der Waals surface area (Å²) >= 11 is 0. The first-order valence-electron chi connectivity index (χ1n) is 7.72. The first-order chi connectivity index (χ1) is 10.3. The minimum atomic E-state index is -0.128. The molecule has 2 aliphatic rings. The quantitative estimate of drug-likeness (QED) is 0.884. The van der Waals surface area contributed by atoms with Gasteiger partial charge in [-0.3, -0.25) is 9.69 Å². The van der Waals surface area contributed by atoms with Crippen LogP contribution in [0.5, 0.6) is 5.75 Å². The van der Waals surface area contributed by atoms with Gasteiger partial charge in [-0.1, -0.05) is 18.2 Å². The molecule has 0 aromatic heterocycles. The van der Waals surface area contributed by atoms with Crippen molar-refractivity contribution in [3.05, 3.63) is 29.8 Å². The van der Waals surface area contributed by atoms with Crippen LogP contribution < -0.4 is 10.5 Å². The molecule has 2 heterocycles. The van der Waals surface area contributed by atoms with E-state index in [4.69, 9.17) is 10.5 Å². The Morgan fingerprint density at radius 1 is 1.24 bits per heavy atom. The third-order valence-electron chi connectivity index (χ3n) is 4.36. The van der Waals surface area contributed by atoms with E-state index in [9.17, 15) is 4.79 Å². The van der Waals surface area contributed by atoms with Gasteiger partial charge < -0.3 is 15.4 Å². The van der Waals surface area contributed by atoms with Gasteiger partial charge in [0.1, 0.15) is 18.3 Å². The number of para-hydroxylation sites is 1. The maximum absolute atomic E-state index is 12.7. The fourth-order valence-electron chi connectivity index (χ4n) is 3.09. The Kier molecular flexibility index (Phi) is 4.41. The van der Waals surface area contributed by atoms with Gasteiger partial charge in [-0.05, 0) is 25.6 Å². The summed E-state index contributed by atoms with van der Waals surface area (Å²) in [5.74, 6) is 0.938. The average molecular weight is 289 g/mol. The summed E-state index contributed by atoms with van der Waals surface area (Å²) in [5, 5.41) is 0. The molecule has 1 saturated heterocycles. The van der Waals surface area contributed by atoms with Crippen LogP contribution in [0.4, 0.5) is 0 Å². The summed E-state index contributed by atoms with van der Waals surface area (Å²) in [7, 11) is 0. The van der Waals surface area contributed by atoms with Crippen molar-refractivity contribution in [1.82, 2.24) is 9.80 Å². The molecule has 5 heteroatoms. The number of hydrogen-bond donors (Lipinski definition) is 1. The van der Waals surface area contributed by atoms with Crippen molar-refractivity contribution in [1.29, 1.82) is 0 Å². The molecule has 1 atom stereocenters. The van der Waals surface area contributed by atoms with Crippen molar-refractivity contribution in [3.8, 4) is 5.75 Å². The van der Waals surface area contributed by atoms with Gasteiger partial charge in [0, 0.05) is 31.7 Å². The lowest BCUT2D eigenvalue weighted by Gasteiger charge is -2.35. The molecule has 0 aliphatic carbocycles. The molecule has 0 bridgehead atoms. The highest BCUT2D eigenvalue weighted by molar-refractivity contribution is 5.85. The number of benzene rings is 1. The van der Waals surface area contributed by atoms with Crippen LogP contribution in [0.1, 0.15) is 17.9 Å².